The van der Waals surface area contributed by atoms with E-state index in [1.165, 1.54) is 14.2 Å². The second-order valence-corrected chi connectivity index (χ2v) is 4.58. The van der Waals surface area contributed by atoms with Gasteiger partial charge in [-0.25, -0.2) is 4.79 Å². The van der Waals surface area contributed by atoms with Gasteiger partial charge in [0.25, 0.3) is 0 Å². The molecule has 0 aromatic heterocycles. The minimum Gasteiger partial charge on any atom is -0.493 e. The zero-order chi connectivity index (χ0) is 14.5. The van der Waals surface area contributed by atoms with E-state index in [1.807, 2.05) is 13.8 Å². The van der Waals surface area contributed by atoms with Crippen LogP contribution in [-0.4, -0.2) is 39.5 Å². The smallest absolute Gasteiger partial charge is 0.341 e. The quantitative estimate of drug-likeness (QED) is 0.741. The van der Waals surface area contributed by atoms with E-state index in [0.29, 0.717) is 17.1 Å². The lowest BCUT2D eigenvalue weighted by atomic mass is 10.1. The van der Waals surface area contributed by atoms with Gasteiger partial charge in [0.1, 0.15) is 12.2 Å². The Bertz CT molecular complexity index is 439. The van der Waals surface area contributed by atoms with E-state index in [4.69, 9.17) is 18.9 Å². The molecule has 0 fully saturated rings. The highest BCUT2D eigenvalue weighted by molar-refractivity contribution is 5.93. The normalized spacial score (nSPS) is 11.0. The Kier molecular flexibility index (Phi) is 5.18. The molecule has 0 amide bonds. The minimum absolute atomic E-state index is 0.286. The summed E-state index contributed by atoms with van der Waals surface area (Å²) in [7, 11) is 4.45. The first-order valence-electron chi connectivity index (χ1n) is 5.88. The Hall–Kier alpha value is -1.75. The maximum Gasteiger partial charge on any atom is 0.341 e. The Morgan fingerprint density at radius 2 is 1.89 bits per heavy atom. The van der Waals surface area contributed by atoms with Crippen molar-refractivity contribution < 1.29 is 23.7 Å². The fourth-order valence-electron chi connectivity index (χ4n) is 1.40. The molecule has 5 nitrogen and oxygen atoms in total. The van der Waals surface area contributed by atoms with Crippen molar-refractivity contribution in [3.8, 4) is 11.5 Å². The molecule has 0 heterocycles. The largest absolute Gasteiger partial charge is 0.493 e. The maximum absolute atomic E-state index is 11.7. The topological polar surface area (TPSA) is 54.0 Å². The average molecular weight is 268 g/mol. The van der Waals surface area contributed by atoms with Crippen LogP contribution in [0.1, 0.15) is 24.2 Å². The molecule has 0 saturated heterocycles. The molecule has 0 saturated carbocycles. The van der Waals surface area contributed by atoms with E-state index < -0.39 is 11.6 Å². The molecule has 1 aromatic carbocycles. The van der Waals surface area contributed by atoms with Gasteiger partial charge in [0.05, 0.1) is 19.8 Å². The van der Waals surface area contributed by atoms with E-state index in [2.05, 4.69) is 0 Å². The summed E-state index contributed by atoms with van der Waals surface area (Å²) in [6, 6.07) is 5.06. The van der Waals surface area contributed by atoms with Gasteiger partial charge < -0.3 is 18.9 Å². The van der Waals surface area contributed by atoms with Crippen molar-refractivity contribution in [1.82, 2.24) is 0 Å². The van der Waals surface area contributed by atoms with Crippen LogP contribution < -0.4 is 9.47 Å². The number of rotatable bonds is 6. The molecule has 0 N–H and O–H groups in total. The SMILES string of the molecule is COC(=O)c1cccc(OC)c1OCC(C)(C)OC. The average Bonchev–Trinajstić information content (AvgIpc) is 2.43. The second-order valence-electron chi connectivity index (χ2n) is 4.58. The molecule has 0 atom stereocenters. The number of hydrogen-bond donors (Lipinski definition) is 0. The van der Waals surface area contributed by atoms with Crippen LogP contribution in [0.4, 0.5) is 0 Å². The maximum atomic E-state index is 11.7. The van der Waals surface area contributed by atoms with Gasteiger partial charge in [-0.1, -0.05) is 6.07 Å². The number of esters is 1. The molecule has 0 bridgehead atoms. The van der Waals surface area contributed by atoms with Crippen LogP contribution in [0.2, 0.25) is 0 Å². The third-order valence-corrected chi connectivity index (χ3v) is 2.72. The first-order chi connectivity index (χ1) is 8.95. The zero-order valence-corrected chi connectivity index (χ0v) is 12.0. The van der Waals surface area contributed by atoms with Gasteiger partial charge in [0.15, 0.2) is 11.5 Å². The van der Waals surface area contributed by atoms with Gasteiger partial charge in [0.2, 0.25) is 0 Å². The van der Waals surface area contributed by atoms with Gasteiger partial charge in [-0.15, -0.1) is 0 Å². The first-order valence-corrected chi connectivity index (χ1v) is 5.88. The Balaban J connectivity index is 3.05. The fourth-order valence-corrected chi connectivity index (χ4v) is 1.40. The number of methoxy groups -OCH3 is 3. The number of carbonyl (C=O) groups excluding carboxylic acids is 1. The Labute approximate surface area is 113 Å². The van der Waals surface area contributed by atoms with Crippen LogP contribution in [0, 0.1) is 0 Å². The highest BCUT2D eigenvalue weighted by Crippen LogP contribution is 2.32. The fraction of sp³-hybridized carbons (Fsp3) is 0.500. The van der Waals surface area contributed by atoms with Crippen molar-refractivity contribution in [2.45, 2.75) is 19.4 Å². The lowest BCUT2D eigenvalue weighted by molar-refractivity contribution is -0.0155. The molecule has 0 unspecified atom stereocenters. The van der Waals surface area contributed by atoms with Crippen molar-refractivity contribution in [2.75, 3.05) is 27.9 Å². The summed E-state index contributed by atoms with van der Waals surface area (Å²) in [5.41, 5.74) is -0.136. The first kappa shape index (κ1) is 15.3. The molecule has 1 rings (SSSR count). The summed E-state index contributed by atoms with van der Waals surface area (Å²) < 4.78 is 20.9. The molecule has 0 aliphatic heterocycles. The Morgan fingerprint density at radius 3 is 2.42 bits per heavy atom. The van der Waals surface area contributed by atoms with Crippen LogP contribution in [0.15, 0.2) is 18.2 Å². The highest BCUT2D eigenvalue weighted by atomic mass is 16.6. The van der Waals surface area contributed by atoms with Crippen LogP contribution in [-0.2, 0) is 9.47 Å². The standard InChI is InChI=1S/C14H20O5/c1-14(2,18-5)9-19-12-10(13(15)17-4)7-6-8-11(12)16-3/h6-8H,9H2,1-5H3. The molecule has 106 valence electrons. The molecular formula is C14H20O5. The lowest BCUT2D eigenvalue weighted by Gasteiger charge is -2.24. The Morgan fingerprint density at radius 1 is 1.21 bits per heavy atom. The molecule has 5 heteroatoms. The zero-order valence-electron chi connectivity index (χ0n) is 12.0. The van der Waals surface area contributed by atoms with E-state index in [9.17, 15) is 4.79 Å². The highest BCUT2D eigenvalue weighted by Gasteiger charge is 2.22. The van der Waals surface area contributed by atoms with E-state index in [-0.39, 0.29) is 6.61 Å². The molecule has 0 aliphatic carbocycles. The number of carbonyl (C=O) groups is 1. The molecule has 1 aromatic rings. The van der Waals surface area contributed by atoms with E-state index in [0.717, 1.165) is 0 Å². The van der Waals surface area contributed by atoms with Gasteiger partial charge >= 0.3 is 5.97 Å². The molecular weight excluding hydrogens is 248 g/mol. The molecule has 19 heavy (non-hydrogen) atoms. The van der Waals surface area contributed by atoms with E-state index >= 15 is 0 Å². The van der Waals surface area contributed by atoms with Gasteiger partial charge in [-0.3, -0.25) is 0 Å². The third-order valence-electron chi connectivity index (χ3n) is 2.72. The lowest BCUT2D eigenvalue weighted by Crippen LogP contribution is -2.31. The molecule has 0 spiro atoms. The van der Waals surface area contributed by atoms with Crippen molar-refractivity contribution >= 4 is 5.97 Å². The van der Waals surface area contributed by atoms with Crippen molar-refractivity contribution in [2.24, 2.45) is 0 Å². The van der Waals surface area contributed by atoms with E-state index in [1.54, 1.807) is 25.3 Å². The van der Waals surface area contributed by atoms with Gasteiger partial charge in [0, 0.05) is 7.11 Å². The number of para-hydroxylation sites is 1. The summed E-state index contributed by atoms with van der Waals surface area (Å²) in [5.74, 6) is 0.376. The molecule has 0 aliphatic rings. The summed E-state index contributed by atoms with van der Waals surface area (Å²) >= 11 is 0. The number of benzene rings is 1. The van der Waals surface area contributed by atoms with Crippen molar-refractivity contribution in [1.29, 1.82) is 0 Å². The van der Waals surface area contributed by atoms with Gasteiger partial charge in [-0.2, -0.15) is 0 Å². The van der Waals surface area contributed by atoms with Crippen LogP contribution in [0.25, 0.3) is 0 Å². The monoisotopic (exact) mass is 268 g/mol. The minimum atomic E-state index is -0.468. The third kappa shape index (κ3) is 3.86. The second kappa shape index (κ2) is 6.43. The predicted octanol–water partition coefficient (Wildman–Crippen LogP) is 2.29. The summed E-state index contributed by atoms with van der Waals surface area (Å²) in [5, 5.41) is 0. The predicted molar refractivity (Wildman–Crippen MR) is 70.9 cm³/mol. The number of hydrogen-bond acceptors (Lipinski definition) is 5. The van der Waals surface area contributed by atoms with Crippen molar-refractivity contribution in [3.05, 3.63) is 23.8 Å². The van der Waals surface area contributed by atoms with Crippen LogP contribution in [0.5, 0.6) is 11.5 Å². The number of ether oxygens (including phenoxy) is 4. The van der Waals surface area contributed by atoms with Crippen LogP contribution >= 0.6 is 0 Å². The summed E-state index contributed by atoms with van der Waals surface area (Å²) in [4.78, 5) is 11.7. The van der Waals surface area contributed by atoms with Gasteiger partial charge in [-0.05, 0) is 26.0 Å². The van der Waals surface area contributed by atoms with Crippen LogP contribution in [0.3, 0.4) is 0 Å². The summed E-state index contributed by atoms with van der Waals surface area (Å²) in [6.45, 7) is 4.06. The summed E-state index contributed by atoms with van der Waals surface area (Å²) in [6.07, 6.45) is 0. The molecule has 0 radical (unpaired) electrons. The van der Waals surface area contributed by atoms with Crippen molar-refractivity contribution in [3.63, 3.8) is 0 Å².